The van der Waals surface area contributed by atoms with Gasteiger partial charge in [-0.05, 0) is 43.2 Å². The zero-order valence-corrected chi connectivity index (χ0v) is 14.5. The molecule has 0 aliphatic heterocycles. The van der Waals surface area contributed by atoms with Gasteiger partial charge in [-0.15, -0.1) is 0 Å². The first-order valence-corrected chi connectivity index (χ1v) is 9.17. The molecule has 0 spiro atoms. The van der Waals surface area contributed by atoms with E-state index in [0.29, 0.717) is 5.56 Å². The number of benzene rings is 2. The van der Waals surface area contributed by atoms with Crippen LogP contribution in [0.5, 0.6) is 0 Å². The van der Waals surface area contributed by atoms with Crippen LogP contribution in [0.4, 0.5) is 0 Å². The van der Waals surface area contributed by atoms with E-state index in [1.165, 1.54) is 24.3 Å². The minimum atomic E-state index is -3.93. The van der Waals surface area contributed by atoms with Crippen molar-refractivity contribution in [2.45, 2.75) is 24.3 Å². The lowest BCUT2D eigenvalue weighted by Gasteiger charge is -2.17. The van der Waals surface area contributed by atoms with Crippen molar-refractivity contribution in [3.63, 3.8) is 0 Å². The van der Waals surface area contributed by atoms with E-state index in [1.807, 2.05) is 36.4 Å². The summed E-state index contributed by atoms with van der Waals surface area (Å²) in [6, 6.07) is 15.4. The van der Waals surface area contributed by atoms with Crippen LogP contribution in [0, 0.1) is 11.3 Å². The fourth-order valence-electron chi connectivity index (χ4n) is 2.23. The molecule has 25 heavy (non-hydrogen) atoms. The van der Waals surface area contributed by atoms with Gasteiger partial charge < -0.3 is 4.74 Å². The Morgan fingerprint density at radius 3 is 2.36 bits per heavy atom. The third-order valence-electron chi connectivity index (χ3n) is 3.44. The quantitative estimate of drug-likeness (QED) is 0.764. The molecule has 2 aromatic carbocycles. The predicted molar refractivity (Wildman–Crippen MR) is 92.0 cm³/mol. The second-order valence-corrected chi connectivity index (χ2v) is 6.97. The molecule has 0 aromatic heterocycles. The molecule has 1 N–H and O–H groups in total. The smallest absolute Gasteiger partial charge is 0.324 e. The summed E-state index contributed by atoms with van der Waals surface area (Å²) >= 11 is 0. The van der Waals surface area contributed by atoms with Crippen molar-refractivity contribution in [1.29, 1.82) is 5.26 Å². The number of sulfonamides is 1. The normalized spacial score (nSPS) is 12.2. The van der Waals surface area contributed by atoms with E-state index in [-0.39, 0.29) is 17.9 Å². The van der Waals surface area contributed by atoms with Gasteiger partial charge in [-0.3, -0.25) is 4.79 Å². The van der Waals surface area contributed by atoms with E-state index in [2.05, 4.69) is 4.72 Å². The molecule has 0 bridgehead atoms. The summed E-state index contributed by atoms with van der Waals surface area (Å²) in [6.45, 7) is 1.81. The molecule has 0 fully saturated rings. The third-order valence-corrected chi connectivity index (χ3v) is 4.93. The highest BCUT2D eigenvalue weighted by Crippen LogP contribution is 2.13. The molecule has 0 heterocycles. The number of nitrogens with one attached hydrogen (secondary N) is 1. The Kier molecular flexibility index (Phi) is 6.28. The summed E-state index contributed by atoms with van der Waals surface area (Å²) in [5, 5.41) is 8.80. The summed E-state index contributed by atoms with van der Waals surface area (Å²) in [7, 11) is -3.93. The topological polar surface area (TPSA) is 96.3 Å². The fourth-order valence-corrected chi connectivity index (χ4v) is 3.41. The number of nitriles is 1. The molecular formula is C18H18N2O4S. The van der Waals surface area contributed by atoms with Crippen molar-refractivity contribution in [3.8, 4) is 6.07 Å². The Labute approximate surface area is 147 Å². The zero-order chi connectivity index (χ0) is 18.3. The minimum absolute atomic E-state index is 0.0196. The van der Waals surface area contributed by atoms with Crippen LogP contribution in [0.3, 0.4) is 0 Å². The van der Waals surface area contributed by atoms with E-state index < -0.39 is 22.0 Å². The molecule has 0 saturated heterocycles. The maximum atomic E-state index is 12.5. The summed E-state index contributed by atoms with van der Waals surface area (Å²) in [5.74, 6) is -0.636. The Balaban J connectivity index is 2.24. The maximum absolute atomic E-state index is 12.5. The van der Waals surface area contributed by atoms with Gasteiger partial charge in [-0.1, -0.05) is 30.3 Å². The Morgan fingerprint density at radius 2 is 1.80 bits per heavy atom. The molecule has 0 radical (unpaired) electrons. The molecule has 0 aliphatic rings. The van der Waals surface area contributed by atoms with Crippen molar-refractivity contribution in [2.75, 3.05) is 6.61 Å². The van der Waals surface area contributed by atoms with Gasteiger partial charge in [0.2, 0.25) is 10.0 Å². The second kappa shape index (κ2) is 8.42. The Bertz CT molecular complexity index is 856. The fraction of sp³-hybridized carbons (Fsp3) is 0.222. The van der Waals surface area contributed by atoms with Crippen LogP contribution in [-0.2, 0) is 26.0 Å². The standard InChI is InChI=1S/C18H18N2O4S/c1-2-24-18(21)17(12-14-6-4-3-5-7-14)20-25(22,23)16-10-8-15(13-19)9-11-16/h3-11,17,20H,2,12H2,1H3. The van der Waals surface area contributed by atoms with Crippen LogP contribution in [-0.4, -0.2) is 27.0 Å². The predicted octanol–water partition coefficient (Wildman–Crippen LogP) is 2.01. The van der Waals surface area contributed by atoms with Gasteiger partial charge in [0.05, 0.1) is 23.1 Å². The van der Waals surface area contributed by atoms with Crippen molar-refractivity contribution in [1.82, 2.24) is 4.72 Å². The summed E-state index contributed by atoms with van der Waals surface area (Å²) < 4.78 is 32.5. The van der Waals surface area contributed by atoms with E-state index in [1.54, 1.807) is 6.92 Å². The van der Waals surface area contributed by atoms with Crippen molar-refractivity contribution in [2.24, 2.45) is 0 Å². The average molecular weight is 358 g/mol. The molecule has 7 heteroatoms. The number of hydrogen-bond acceptors (Lipinski definition) is 5. The molecule has 6 nitrogen and oxygen atoms in total. The minimum Gasteiger partial charge on any atom is -0.465 e. The SMILES string of the molecule is CCOC(=O)C(Cc1ccccc1)NS(=O)(=O)c1ccc(C#N)cc1. The van der Waals surface area contributed by atoms with E-state index in [0.717, 1.165) is 5.56 Å². The van der Waals surface area contributed by atoms with Crippen LogP contribution in [0.25, 0.3) is 0 Å². The molecule has 130 valence electrons. The van der Waals surface area contributed by atoms with Crippen LogP contribution >= 0.6 is 0 Å². The first kappa shape index (κ1) is 18.6. The van der Waals surface area contributed by atoms with Gasteiger partial charge in [0.15, 0.2) is 0 Å². The third kappa shape index (κ3) is 5.14. The first-order chi connectivity index (χ1) is 12.0. The number of carbonyl (C=O) groups is 1. The van der Waals surface area contributed by atoms with Gasteiger partial charge >= 0.3 is 5.97 Å². The lowest BCUT2D eigenvalue weighted by molar-refractivity contribution is -0.145. The van der Waals surface area contributed by atoms with E-state index >= 15 is 0 Å². The number of esters is 1. The van der Waals surface area contributed by atoms with Crippen molar-refractivity contribution >= 4 is 16.0 Å². The molecule has 2 rings (SSSR count). The van der Waals surface area contributed by atoms with Crippen molar-refractivity contribution in [3.05, 3.63) is 65.7 Å². The lowest BCUT2D eigenvalue weighted by atomic mass is 10.1. The monoisotopic (exact) mass is 358 g/mol. The summed E-state index contributed by atoms with van der Waals surface area (Å²) in [6.07, 6.45) is 0.176. The number of hydrogen-bond donors (Lipinski definition) is 1. The average Bonchev–Trinajstić information content (AvgIpc) is 2.62. The molecule has 1 atom stereocenters. The Morgan fingerprint density at radius 1 is 1.16 bits per heavy atom. The maximum Gasteiger partial charge on any atom is 0.324 e. The molecule has 2 aromatic rings. The van der Waals surface area contributed by atoms with Gasteiger partial charge in [0, 0.05) is 0 Å². The number of ether oxygens (including phenoxy) is 1. The number of carbonyl (C=O) groups excluding carboxylic acids is 1. The van der Waals surface area contributed by atoms with Crippen LogP contribution < -0.4 is 4.72 Å². The number of nitrogens with zero attached hydrogens (tertiary/aromatic N) is 1. The largest absolute Gasteiger partial charge is 0.465 e. The zero-order valence-electron chi connectivity index (χ0n) is 13.7. The van der Waals surface area contributed by atoms with Crippen molar-refractivity contribution < 1.29 is 17.9 Å². The number of rotatable bonds is 7. The summed E-state index contributed by atoms with van der Waals surface area (Å²) in [5.41, 5.74) is 1.16. The van der Waals surface area contributed by atoms with Crippen LogP contribution in [0.2, 0.25) is 0 Å². The van der Waals surface area contributed by atoms with Crippen LogP contribution in [0.1, 0.15) is 18.1 Å². The molecule has 1 unspecified atom stereocenters. The summed E-state index contributed by atoms with van der Waals surface area (Å²) in [4.78, 5) is 12.1. The lowest BCUT2D eigenvalue weighted by Crippen LogP contribution is -2.43. The van der Waals surface area contributed by atoms with Gasteiger partial charge in [-0.25, -0.2) is 8.42 Å². The molecule has 0 saturated carbocycles. The van der Waals surface area contributed by atoms with E-state index in [4.69, 9.17) is 10.00 Å². The first-order valence-electron chi connectivity index (χ1n) is 7.69. The van der Waals surface area contributed by atoms with E-state index in [9.17, 15) is 13.2 Å². The molecule has 0 aliphatic carbocycles. The highest BCUT2D eigenvalue weighted by Gasteiger charge is 2.27. The van der Waals surface area contributed by atoms with Gasteiger partial charge in [-0.2, -0.15) is 9.98 Å². The highest BCUT2D eigenvalue weighted by atomic mass is 32.2. The molecule has 0 amide bonds. The highest BCUT2D eigenvalue weighted by molar-refractivity contribution is 7.89. The van der Waals surface area contributed by atoms with Gasteiger partial charge in [0.1, 0.15) is 6.04 Å². The van der Waals surface area contributed by atoms with Gasteiger partial charge in [0.25, 0.3) is 0 Å². The van der Waals surface area contributed by atoms with Crippen LogP contribution in [0.15, 0.2) is 59.5 Å². The molecular weight excluding hydrogens is 340 g/mol. The second-order valence-electron chi connectivity index (χ2n) is 5.25. The Hall–Kier alpha value is -2.69.